The molecule has 0 N–H and O–H groups in total. The van der Waals surface area contributed by atoms with Crippen LogP contribution in [-0.4, -0.2) is 0 Å². The van der Waals surface area contributed by atoms with Gasteiger partial charge in [-0.15, -0.1) is 0 Å². The van der Waals surface area contributed by atoms with Crippen molar-refractivity contribution in [3.63, 3.8) is 0 Å². The Morgan fingerprint density at radius 1 is 0.213 bits per heavy atom. The summed E-state index contributed by atoms with van der Waals surface area (Å²) < 4.78 is 0. The van der Waals surface area contributed by atoms with Crippen molar-refractivity contribution in [3.8, 4) is 33.4 Å². The van der Waals surface area contributed by atoms with E-state index in [0.29, 0.717) is 0 Å². The van der Waals surface area contributed by atoms with Crippen LogP contribution in [0.4, 0.5) is 17.1 Å². The van der Waals surface area contributed by atoms with Gasteiger partial charge >= 0.3 is 0 Å². The standard InChI is InChI=1S/C60H39N/c1-4-20-42(21-5-1)59-54-39-56-55(38-53(54)49-28-14-17-31-52(49)60(59)61(47-24-6-2-7-25-47)48-26-8-3-9-27-48)57(45-34-32-40-18-10-12-22-43(40)36-45)50-29-15-16-30-51(50)58(56)46-35-33-41-19-11-13-23-44(41)37-46/h1-39H. The fourth-order valence-electron chi connectivity index (χ4n) is 9.84. The highest BCUT2D eigenvalue weighted by atomic mass is 15.1. The molecule has 61 heavy (non-hydrogen) atoms. The summed E-state index contributed by atoms with van der Waals surface area (Å²) in [5, 5.41) is 14.8. The first-order valence-electron chi connectivity index (χ1n) is 21.1. The number of para-hydroxylation sites is 2. The average Bonchev–Trinajstić information content (AvgIpc) is 3.33. The first-order chi connectivity index (χ1) is 30.3. The molecule has 0 fully saturated rings. The maximum atomic E-state index is 2.53. The van der Waals surface area contributed by atoms with Crippen molar-refractivity contribution in [2.45, 2.75) is 0 Å². The molecule has 0 aromatic heterocycles. The molecule has 0 aliphatic heterocycles. The highest BCUT2D eigenvalue weighted by Crippen LogP contribution is 2.52. The summed E-state index contributed by atoms with van der Waals surface area (Å²) in [6.07, 6.45) is 0. The van der Waals surface area contributed by atoms with Crippen LogP contribution in [0.5, 0.6) is 0 Å². The van der Waals surface area contributed by atoms with Crippen LogP contribution in [0, 0.1) is 0 Å². The van der Waals surface area contributed by atoms with Crippen molar-refractivity contribution in [2.75, 3.05) is 4.90 Å². The third-order valence-electron chi connectivity index (χ3n) is 12.5. The Kier molecular flexibility index (Phi) is 8.25. The third kappa shape index (κ3) is 5.78. The molecule has 0 saturated carbocycles. The van der Waals surface area contributed by atoms with Crippen molar-refractivity contribution < 1.29 is 0 Å². The fourth-order valence-corrected chi connectivity index (χ4v) is 9.84. The largest absolute Gasteiger partial charge is 0.309 e. The van der Waals surface area contributed by atoms with Crippen LogP contribution < -0.4 is 4.90 Å². The number of anilines is 3. The third-order valence-corrected chi connectivity index (χ3v) is 12.5. The van der Waals surface area contributed by atoms with E-state index in [1.165, 1.54) is 98.0 Å². The van der Waals surface area contributed by atoms with Crippen LogP contribution in [0.2, 0.25) is 0 Å². The number of benzene rings is 12. The van der Waals surface area contributed by atoms with Crippen LogP contribution >= 0.6 is 0 Å². The fraction of sp³-hybridized carbons (Fsp3) is 0. The van der Waals surface area contributed by atoms with Crippen LogP contribution in [0.1, 0.15) is 0 Å². The highest BCUT2D eigenvalue weighted by molar-refractivity contribution is 6.30. The molecule has 0 aliphatic rings. The van der Waals surface area contributed by atoms with Crippen molar-refractivity contribution in [2.24, 2.45) is 0 Å². The van der Waals surface area contributed by atoms with E-state index >= 15 is 0 Å². The zero-order valence-electron chi connectivity index (χ0n) is 33.5. The first-order valence-corrected chi connectivity index (χ1v) is 21.1. The van der Waals surface area contributed by atoms with Gasteiger partial charge in [0.15, 0.2) is 0 Å². The van der Waals surface area contributed by atoms with Crippen LogP contribution in [0.3, 0.4) is 0 Å². The molecule has 0 spiro atoms. The van der Waals surface area contributed by atoms with Gasteiger partial charge in [0.1, 0.15) is 0 Å². The lowest BCUT2D eigenvalue weighted by molar-refractivity contribution is 1.30. The van der Waals surface area contributed by atoms with Crippen LogP contribution in [0.25, 0.3) is 98.0 Å². The number of hydrogen-bond donors (Lipinski definition) is 0. The minimum absolute atomic E-state index is 1.11. The summed E-state index contributed by atoms with van der Waals surface area (Å²) in [4.78, 5) is 2.46. The van der Waals surface area contributed by atoms with Gasteiger partial charge in [0.25, 0.3) is 0 Å². The first kappa shape index (κ1) is 35.0. The molecule has 0 unspecified atom stereocenters. The highest BCUT2D eigenvalue weighted by Gasteiger charge is 2.26. The molecule has 12 aromatic rings. The van der Waals surface area contributed by atoms with Gasteiger partial charge < -0.3 is 4.90 Å². The molecule has 0 radical (unpaired) electrons. The molecular formula is C60H39N. The Balaban J connectivity index is 1.31. The van der Waals surface area contributed by atoms with E-state index < -0.39 is 0 Å². The van der Waals surface area contributed by atoms with Crippen LogP contribution in [-0.2, 0) is 0 Å². The zero-order chi connectivity index (χ0) is 40.3. The van der Waals surface area contributed by atoms with E-state index in [4.69, 9.17) is 0 Å². The maximum absolute atomic E-state index is 2.53. The minimum Gasteiger partial charge on any atom is -0.309 e. The molecule has 0 atom stereocenters. The second-order valence-corrected chi connectivity index (χ2v) is 16.0. The lowest BCUT2D eigenvalue weighted by atomic mass is 9.82. The summed E-state index contributed by atoms with van der Waals surface area (Å²) >= 11 is 0. The monoisotopic (exact) mass is 773 g/mol. The summed E-state index contributed by atoms with van der Waals surface area (Å²) in [6, 6.07) is 87.1. The predicted molar refractivity (Wildman–Crippen MR) is 262 cm³/mol. The molecule has 0 heterocycles. The quantitative estimate of drug-likeness (QED) is 0.120. The lowest BCUT2D eigenvalue weighted by Gasteiger charge is -2.31. The van der Waals surface area contributed by atoms with Gasteiger partial charge in [-0.05, 0) is 136 Å². The Hall–Kier alpha value is -8.00. The molecule has 0 bridgehead atoms. The SMILES string of the molecule is c1ccc(-c2c(N(c3ccccc3)c3ccccc3)c3ccccc3c3cc4c(-c5ccc6ccccc6c5)c5ccccc5c(-c5ccc6ccccc6c5)c4cc23)cc1. The summed E-state index contributed by atoms with van der Waals surface area (Å²) in [7, 11) is 0. The average molecular weight is 774 g/mol. The molecule has 12 rings (SSSR count). The van der Waals surface area contributed by atoms with Gasteiger partial charge in [0, 0.05) is 22.3 Å². The van der Waals surface area contributed by atoms with Crippen molar-refractivity contribution in [1.82, 2.24) is 0 Å². The molecular weight excluding hydrogens is 735 g/mol. The Morgan fingerprint density at radius 2 is 0.607 bits per heavy atom. The molecule has 1 nitrogen and oxygen atoms in total. The maximum Gasteiger partial charge on any atom is 0.0624 e. The van der Waals surface area contributed by atoms with E-state index in [2.05, 4.69) is 241 Å². The zero-order valence-corrected chi connectivity index (χ0v) is 33.5. The molecule has 12 aromatic carbocycles. The van der Waals surface area contributed by atoms with E-state index in [-0.39, 0.29) is 0 Å². The summed E-state index contributed by atoms with van der Waals surface area (Å²) in [5.41, 5.74) is 10.7. The smallest absolute Gasteiger partial charge is 0.0624 e. The van der Waals surface area contributed by atoms with Gasteiger partial charge in [-0.2, -0.15) is 0 Å². The lowest BCUT2D eigenvalue weighted by Crippen LogP contribution is -2.12. The van der Waals surface area contributed by atoms with Gasteiger partial charge in [0.2, 0.25) is 0 Å². The second kappa shape index (κ2) is 14.4. The topological polar surface area (TPSA) is 3.24 Å². The van der Waals surface area contributed by atoms with Gasteiger partial charge in [-0.1, -0.05) is 188 Å². The number of rotatable bonds is 6. The number of fused-ring (bicyclic) bond motifs is 7. The Labute approximate surface area is 355 Å². The van der Waals surface area contributed by atoms with Crippen molar-refractivity contribution >= 4 is 81.7 Å². The van der Waals surface area contributed by atoms with Gasteiger partial charge in [-0.3, -0.25) is 0 Å². The minimum atomic E-state index is 1.11. The number of hydrogen-bond acceptors (Lipinski definition) is 1. The Morgan fingerprint density at radius 3 is 1.13 bits per heavy atom. The molecule has 284 valence electrons. The van der Waals surface area contributed by atoms with E-state index in [1.54, 1.807) is 0 Å². The predicted octanol–water partition coefficient (Wildman–Crippen LogP) is 17.1. The summed E-state index contributed by atoms with van der Waals surface area (Å²) in [5.74, 6) is 0. The van der Waals surface area contributed by atoms with E-state index in [1.807, 2.05) is 0 Å². The molecule has 0 aliphatic carbocycles. The van der Waals surface area contributed by atoms with Gasteiger partial charge in [0.05, 0.1) is 5.69 Å². The Bertz CT molecular complexity index is 3590. The normalized spacial score (nSPS) is 11.6. The number of nitrogens with zero attached hydrogens (tertiary/aromatic N) is 1. The van der Waals surface area contributed by atoms with Crippen molar-refractivity contribution in [1.29, 1.82) is 0 Å². The van der Waals surface area contributed by atoms with Crippen LogP contribution in [0.15, 0.2) is 237 Å². The molecule has 1 heteroatoms. The van der Waals surface area contributed by atoms with E-state index in [0.717, 1.165) is 17.1 Å². The summed E-state index contributed by atoms with van der Waals surface area (Å²) in [6.45, 7) is 0. The second-order valence-electron chi connectivity index (χ2n) is 16.0. The van der Waals surface area contributed by atoms with Crippen molar-refractivity contribution in [3.05, 3.63) is 237 Å². The van der Waals surface area contributed by atoms with E-state index in [9.17, 15) is 0 Å². The van der Waals surface area contributed by atoms with Gasteiger partial charge in [-0.25, -0.2) is 0 Å². The molecule has 0 amide bonds. The molecule has 0 saturated heterocycles.